The number of amides is 1. The molecule has 0 spiro atoms. The Balaban J connectivity index is 1.44. The third-order valence-corrected chi connectivity index (χ3v) is 6.07. The SMILES string of the molecule is O=C(Nc1ccc(S(=O)(=O)Nc2ccc(Oc3ccccc3)cc2)cc1F)c1ccc(F)cc1. The fraction of sp³-hybridized carbons (Fsp3) is 0. The Morgan fingerprint density at radius 2 is 1.41 bits per heavy atom. The van der Waals surface area contributed by atoms with E-state index in [0.29, 0.717) is 11.5 Å². The Bertz CT molecular complexity index is 1410. The molecule has 0 saturated carbocycles. The number of carbonyl (C=O) groups is 1. The van der Waals surface area contributed by atoms with Gasteiger partial charge in [-0.05, 0) is 78.9 Å². The molecule has 0 aliphatic carbocycles. The van der Waals surface area contributed by atoms with E-state index >= 15 is 0 Å². The van der Waals surface area contributed by atoms with Gasteiger partial charge in [-0.2, -0.15) is 0 Å². The van der Waals surface area contributed by atoms with E-state index in [2.05, 4.69) is 10.0 Å². The largest absolute Gasteiger partial charge is 0.457 e. The van der Waals surface area contributed by atoms with Gasteiger partial charge in [0.15, 0.2) is 0 Å². The molecule has 0 bridgehead atoms. The minimum Gasteiger partial charge on any atom is -0.457 e. The van der Waals surface area contributed by atoms with Crippen LogP contribution in [0.4, 0.5) is 20.2 Å². The molecule has 2 N–H and O–H groups in total. The van der Waals surface area contributed by atoms with Gasteiger partial charge in [0.05, 0.1) is 10.6 Å². The number of benzene rings is 4. The van der Waals surface area contributed by atoms with E-state index in [-0.39, 0.29) is 21.8 Å². The second-order valence-corrected chi connectivity index (χ2v) is 8.83. The molecular weight excluding hydrogens is 462 g/mol. The number of hydrogen-bond donors (Lipinski definition) is 2. The number of sulfonamides is 1. The quantitative estimate of drug-likeness (QED) is 0.350. The zero-order chi connectivity index (χ0) is 24.1. The molecule has 4 rings (SSSR count). The molecule has 0 fully saturated rings. The summed E-state index contributed by atoms with van der Waals surface area (Å²) >= 11 is 0. The number of ether oxygens (including phenoxy) is 1. The van der Waals surface area contributed by atoms with Gasteiger partial charge in [-0.3, -0.25) is 9.52 Å². The van der Waals surface area contributed by atoms with Crippen molar-refractivity contribution in [3.8, 4) is 11.5 Å². The summed E-state index contributed by atoms with van der Waals surface area (Å²) in [6.07, 6.45) is 0. The summed E-state index contributed by atoms with van der Waals surface area (Å²) in [7, 11) is -4.09. The smallest absolute Gasteiger partial charge is 0.261 e. The normalized spacial score (nSPS) is 11.0. The Kier molecular flexibility index (Phi) is 6.55. The average Bonchev–Trinajstić information content (AvgIpc) is 2.82. The van der Waals surface area contributed by atoms with Crippen LogP contribution >= 0.6 is 0 Å². The molecule has 34 heavy (non-hydrogen) atoms. The zero-order valence-electron chi connectivity index (χ0n) is 17.5. The van der Waals surface area contributed by atoms with Crippen LogP contribution in [0.3, 0.4) is 0 Å². The molecule has 0 saturated heterocycles. The van der Waals surface area contributed by atoms with E-state index in [4.69, 9.17) is 4.74 Å². The van der Waals surface area contributed by atoms with Gasteiger partial charge < -0.3 is 10.1 Å². The summed E-state index contributed by atoms with van der Waals surface area (Å²) in [5.41, 5.74) is 0.170. The number of carbonyl (C=O) groups excluding carboxylic acids is 1. The summed E-state index contributed by atoms with van der Waals surface area (Å²) in [5.74, 6) is -0.960. The first-order valence-electron chi connectivity index (χ1n) is 10.0. The van der Waals surface area contributed by atoms with Crippen LogP contribution < -0.4 is 14.8 Å². The maximum absolute atomic E-state index is 14.5. The standard InChI is InChI=1S/C25H18F2N2O4S/c26-18-8-6-17(7-9-18)25(30)28-24-15-14-22(16-23(24)27)34(31,32)29-19-10-12-21(13-11-19)33-20-4-2-1-3-5-20/h1-16,29H,(H,28,30). The van der Waals surface area contributed by atoms with Crippen molar-refractivity contribution in [1.29, 1.82) is 0 Å². The van der Waals surface area contributed by atoms with Crippen molar-refractivity contribution < 1.29 is 26.7 Å². The molecule has 1 amide bonds. The van der Waals surface area contributed by atoms with Crippen molar-refractivity contribution in [2.75, 3.05) is 10.0 Å². The predicted octanol–water partition coefficient (Wildman–Crippen LogP) is 5.81. The minimum absolute atomic E-state index is 0.124. The van der Waals surface area contributed by atoms with Crippen LogP contribution in [0.15, 0.2) is 102 Å². The topological polar surface area (TPSA) is 84.5 Å². The highest BCUT2D eigenvalue weighted by atomic mass is 32.2. The van der Waals surface area contributed by atoms with E-state index in [1.54, 1.807) is 24.3 Å². The molecule has 0 atom stereocenters. The third-order valence-electron chi connectivity index (χ3n) is 4.69. The Morgan fingerprint density at radius 3 is 2.06 bits per heavy atom. The number of halogens is 2. The van der Waals surface area contributed by atoms with Crippen molar-refractivity contribution >= 4 is 27.3 Å². The third kappa shape index (κ3) is 5.57. The number of rotatable bonds is 7. The maximum atomic E-state index is 14.5. The second-order valence-electron chi connectivity index (χ2n) is 7.15. The molecule has 6 nitrogen and oxygen atoms in total. The highest BCUT2D eigenvalue weighted by molar-refractivity contribution is 7.92. The molecule has 0 radical (unpaired) electrons. The highest BCUT2D eigenvalue weighted by Gasteiger charge is 2.18. The van der Waals surface area contributed by atoms with Crippen molar-refractivity contribution in [2.24, 2.45) is 0 Å². The van der Waals surface area contributed by atoms with Crippen molar-refractivity contribution in [3.63, 3.8) is 0 Å². The summed E-state index contributed by atoms with van der Waals surface area (Å²) in [6, 6.07) is 23.1. The van der Waals surface area contributed by atoms with Gasteiger partial charge in [-0.25, -0.2) is 17.2 Å². The van der Waals surface area contributed by atoms with Crippen LogP contribution in [0.5, 0.6) is 11.5 Å². The Morgan fingerprint density at radius 1 is 0.765 bits per heavy atom. The molecule has 4 aromatic carbocycles. The highest BCUT2D eigenvalue weighted by Crippen LogP contribution is 2.25. The van der Waals surface area contributed by atoms with Crippen LogP contribution in [0.2, 0.25) is 0 Å². The molecule has 0 aliphatic rings. The minimum atomic E-state index is -4.09. The molecule has 0 aromatic heterocycles. The molecule has 0 aliphatic heterocycles. The molecule has 0 unspecified atom stereocenters. The maximum Gasteiger partial charge on any atom is 0.261 e. The van der Waals surface area contributed by atoms with Crippen LogP contribution in [0.1, 0.15) is 10.4 Å². The van der Waals surface area contributed by atoms with E-state index in [0.717, 1.165) is 24.3 Å². The molecule has 172 valence electrons. The van der Waals surface area contributed by atoms with E-state index in [1.807, 2.05) is 18.2 Å². The lowest BCUT2D eigenvalue weighted by Gasteiger charge is -2.11. The van der Waals surface area contributed by atoms with E-state index < -0.39 is 27.6 Å². The van der Waals surface area contributed by atoms with Gasteiger partial charge in [-0.15, -0.1) is 0 Å². The van der Waals surface area contributed by atoms with E-state index in [9.17, 15) is 22.0 Å². The summed E-state index contributed by atoms with van der Waals surface area (Å²) < 4.78 is 60.9. The van der Waals surface area contributed by atoms with Gasteiger partial charge in [0, 0.05) is 11.3 Å². The van der Waals surface area contributed by atoms with Crippen LogP contribution in [0, 0.1) is 11.6 Å². The molecule has 9 heteroatoms. The average molecular weight is 480 g/mol. The monoisotopic (exact) mass is 480 g/mol. The zero-order valence-corrected chi connectivity index (χ0v) is 18.4. The lowest BCUT2D eigenvalue weighted by atomic mass is 10.2. The molecular formula is C25H18F2N2O4S. The first-order chi connectivity index (χ1) is 16.3. The lowest BCUT2D eigenvalue weighted by molar-refractivity contribution is 0.102. The summed E-state index contributed by atoms with van der Waals surface area (Å²) in [5, 5.41) is 2.33. The van der Waals surface area contributed by atoms with Crippen molar-refractivity contribution in [1.82, 2.24) is 0 Å². The van der Waals surface area contributed by atoms with Gasteiger partial charge in [-0.1, -0.05) is 18.2 Å². The number of anilines is 2. The van der Waals surface area contributed by atoms with Gasteiger partial charge >= 0.3 is 0 Å². The van der Waals surface area contributed by atoms with Crippen molar-refractivity contribution in [2.45, 2.75) is 4.90 Å². The number of hydrogen-bond acceptors (Lipinski definition) is 4. The predicted molar refractivity (Wildman–Crippen MR) is 125 cm³/mol. The van der Waals surface area contributed by atoms with Crippen LogP contribution in [-0.4, -0.2) is 14.3 Å². The number of para-hydroxylation sites is 1. The first kappa shape index (κ1) is 22.9. The van der Waals surface area contributed by atoms with Gasteiger partial charge in [0.2, 0.25) is 0 Å². The molecule has 4 aromatic rings. The van der Waals surface area contributed by atoms with Crippen molar-refractivity contribution in [3.05, 3.63) is 114 Å². The Hall–Kier alpha value is -4.24. The van der Waals surface area contributed by atoms with Crippen LogP contribution in [0.25, 0.3) is 0 Å². The van der Waals surface area contributed by atoms with Crippen LogP contribution in [-0.2, 0) is 10.0 Å². The van der Waals surface area contributed by atoms with Gasteiger partial charge in [0.1, 0.15) is 23.1 Å². The van der Waals surface area contributed by atoms with E-state index in [1.165, 1.54) is 30.3 Å². The summed E-state index contributed by atoms with van der Waals surface area (Å²) in [6.45, 7) is 0. The fourth-order valence-corrected chi connectivity index (χ4v) is 4.06. The fourth-order valence-electron chi connectivity index (χ4n) is 2.99. The number of nitrogens with one attached hydrogen (secondary N) is 2. The Labute approximate surface area is 194 Å². The first-order valence-corrected chi connectivity index (χ1v) is 11.5. The molecule has 0 heterocycles. The second kappa shape index (κ2) is 9.72. The summed E-state index contributed by atoms with van der Waals surface area (Å²) in [4.78, 5) is 11.9. The van der Waals surface area contributed by atoms with Gasteiger partial charge in [0.25, 0.3) is 15.9 Å². The lowest BCUT2D eigenvalue weighted by Crippen LogP contribution is -2.15.